The number of benzene rings is 1. The van der Waals surface area contributed by atoms with Gasteiger partial charge in [0.2, 0.25) is 0 Å². The number of halogens is 2. The Kier molecular flexibility index (Phi) is 3.98. The summed E-state index contributed by atoms with van der Waals surface area (Å²) < 4.78 is 25.3. The van der Waals surface area contributed by atoms with E-state index in [1.165, 1.54) is 4.57 Å². The minimum Gasteiger partial charge on any atom is -0.297 e. The van der Waals surface area contributed by atoms with Gasteiger partial charge >= 0.3 is 0 Å². The summed E-state index contributed by atoms with van der Waals surface area (Å²) in [7, 11) is 1.44. The van der Waals surface area contributed by atoms with Gasteiger partial charge in [-0.05, 0) is 31.5 Å². The van der Waals surface area contributed by atoms with Crippen molar-refractivity contribution in [2.75, 3.05) is 0 Å². The number of nitrogens with zero attached hydrogens (tertiary/aromatic N) is 3. The lowest BCUT2D eigenvalue weighted by molar-refractivity contribution is 0.583. The third-order valence-electron chi connectivity index (χ3n) is 2.67. The molecule has 0 saturated heterocycles. The third-order valence-corrected chi connectivity index (χ3v) is 4.71. The monoisotopic (exact) mass is 363 g/mol. The van der Waals surface area contributed by atoms with Crippen molar-refractivity contribution in [3.8, 4) is 11.4 Å². The van der Waals surface area contributed by atoms with Gasteiger partial charge < -0.3 is 0 Å². The lowest BCUT2D eigenvalue weighted by atomic mass is 10.1. The predicted molar refractivity (Wildman–Crippen MR) is 76.6 cm³/mol. The molecule has 2 aromatic rings. The maximum atomic E-state index is 11.4. The van der Waals surface area contributed by atoms with Crippen LogP contribution in [0.3, 0.4) is 0 Å². The van der Waals surface area contributed by atoms with Gasteiger partial charge in [-0.2, -0.15) is 0 Å². The number of hydrogen-bond donors (Lipinski definition) is 0. The molecular weight excluding hydrogens is 354 g/mol. The summed E-state index contributed by atoms with van der Waals surface area (Å²) in [6.07, 6.45) is 0. The SMILES string of the molecule is CCn1c(-c2ccc(Br)c(C)c2)nnc1S(=O)(=O)Cl. The van der Waals surface area contributed by atoms with Gasteiger partial charge in [0.15, 0.2) is 5.82 Å². The fourth-order valence-electron chi connectivity index (χ4n) is 1.75. The van der Waals surface area contributed by atoms with Gasteiger partial charge in [0, 0.05) is 27.3 Å². The highest BCUT2D eigenvalue weighted by atomic mass is 79.9. The van der Waals surface area contributed by atoms with Gasteiger partial charge in [0.25, 0.3) is 14.2 Å². The summed E-state index contributed by atoms with van der Waals surface area (Å²) in [5.41, 5.74) is 1.82. The Morgan fingerprint density at radius 3 is 2.58 bits per heavy atom. The maximum absolute atomic E-state index is 11.4. The maximum Gasteiger partial charge on any atom is 0.296 e. The second kappa shape index (κ2) is 5.22. The van der Waals surface area contributed by atoms with Gasteiger partial charge in [-0.1, -0.05) is 22.0 Å². The molecule has 0 N–H and O–H groups in total. The molecular formula is C11H11BrClN3O2S. The Labute approximate surface area is 124 Å². The molecule has 0 bridgehead atoms. The van der Waals surface area contributed by atoms with Crippen LogP contribution in [-0.4, -0.2) is 23.2 Å². The Bertz CT molecular complexity index is 728. The summed E-state index contributed by atoms with van der Waals surface area (Å²) >= 11 is 3.41. The minimum atomic E-state index is -3.90. The van der Waals surface area contributed by atoms with Crippen molar-refractivity contribution in [2.24, 2.45) is 0 Å². The second-order valence-electron chi connectivity index (χ2n) is 3.95. The van der Waals surface area contributed by atoms with Crippen LogP contribution in [0.2, 0.25) is 0 Å². The average Bonchev–Trinajstić information content (AvgIpc) is 2.76. The fraction of sp³-hybridized carbons (Fsp3) is 0.273. The zero-order chi connectivity index (χ0) is 14.2. The molecule has 2 rings (SSSR count). The number of aryl methyl sites for hydroxylation is 1. The average molecular weight is 365 g/mol. The number of aromatic nitrogens is 3. The van der Waals surface area contributed by atoms with Crippen molar-refractivity contribution in [1.82, 2.24) is 14.8 Å². The summed E-state index contributed by atoms with van der Waals surface area (Å²) in [5.74, 6) is 0.484. The molecule has 0 saturated carbocycles. The van der Waals surface area contributed by atoms with Gasteiger partial charge in [-0.25, -0.2) is 8.42 Å². The van der Waals surface area contributed by atoms with Gasteiger partial charge in [0.1, 0.15) is 0 Å². The van der Waals surface area contributed by atoms with Crippen molar-refractivity contribution in [3.05, 3.63) is 28.2 Å². The molecule has 0 fully saturated rings. The van der Waals surface area contributed by atoms with Crippen LogP contribution in [0.25, 0.3) is 11.4 Å². The van der Waals surface area contributed by atoms with E-state index in [1.807, 2.05) is 32.0 Å². The molecule has 19 heavy (non-hydrogen) atoms. The Hall–Kier alpha value is -0.920. The molecule has 1 aromatic heterocycles. The predicted octanol–water partition coefficient (Wildman–Crippen LogP) is 2.96. The van der Waals surface area contributed by atoms with E-state index in [1.54, 1.807) is 0 Å². The zero-order valence-corrected chi connectivity index (χ0v) is 13.4. The number of rotatable bonds is 3. The highest BCUT2D eigenvalue weighted by Gasteiger charge is 2.22. The van der Waals surface area contributed by atoms with Crippen molar-refractivity contribution in [2.45, 2.75) is 25.5 Å². The van der Waals surface area contributed by atoms with Crippen LogP contribution in [0.4, 0.5) is 0 Å². The highest BCUT2D eigenvalue weighted by Crippen LogP contribution is 2.26. The zero-order valence-electron chi connectivity index (χ0n) is 10.3. The highest BCUT2D eigenvalue weighted by molar-refractivity contribution is 9.10. The molecule has 5 nitrogen and oxygen atoms in total. The first-order valence-electron chi connectivity index (χ1n) is 5.49. The van der Waals surface area contributed by atoms with Gasteiger partial charge in [0.05, 0.1) is 0 Å². The molecule has 0 atom stereocenters. The van der Waals surface area contributed by atoms with Crippen molar-refractivity contribution in [3.63, 3.8) is 0 Å². The summed E-state index contributed by atoms with van der Waals surface area (Å²) in [6.45, 7) is 4.17. The lowest BCUT2D eigenvalue weighted by Crippen LogP contribution is -2.06. The number of hydrogen-bond acceptors (Lipinski definition) is 4. The summed E-state index contributed by atoms with van der Waals surface area (Å²) in [6, 6.07) is 5.64. The van der Waals surface area contributed by atoms with Crippen LogP contribution in [0.15, 0.2) is 27.8 Å². The van der Waals surface area contributed by atoms with E-state index in [2.05, 4.69) is 26.1 Å². The molecule has 0 aliphatic rings. The molecule has 0 aliphatic carbocycles. The third kappa shape index (κ3) is 2.82. The molecule has 8 heteroatoms. The Morgan fingerprint density at radius 2 is 2.05 bits per heavy atom. The molecule has 0 amide bonds. The van der Waals surface area contributed by atoms with Crippen molar-refractivity contribution < 1.29 is 8.42 Å². The van der Waals surface area contributed by atoms with Gasteiger partial charge in [-0.15, -0.1) is 10.2 Å². The summed E-state index contributed by atoms with van der Waals surface area (Å²) in [4.78, 5) is 0. The molecule has 0 aliphatic heterocycles. The van der Waals surface area contributed by atoms with Crippen LogP contribution in [0.5, 0.6) is 0 Å². The minimum absolute atomic E-state index is 0.229. The molecule has 1 aromatic carbocycles. The largest absolute Gasteiger partial charge is 0.297 e. The van der Waals surface area contributed by atoms with E-state index in [9.17, 15) is 8.42 Å². The second-order valence-corrected chi connectivity index (χ2v) is 7.27. The van der Waals surface area contributed by atoms with Gasteiger partial charge in [-0.3, -0.25) is 4.57 Å². The quantitative estimate of drug-likeness (QED) is 0.785. The first-order chi connectivity index (χ1) is 8.84. The van der Waals surface area contributed by atoms with Crippen LogP contribution in [-0.2, 0) is 15.6 Å². The molecule has 0 radical (unpaired) electrons. The van der Waals surface area contributed by atoms with E-state index in [-0.39, 0.29) is 5.16 Å². The normalized spacial score (nSPS) is 11.8. The first kappa shape index (κ1) is 14.5. The lowest BCUT2D eigenvalue weighted by Gasteiger charge is -2.07. The van der Waals surface area contributed by atoms with E-state index >= 15 is 0 Å². The van der Waals surface area contributed by atoms with Crippen LogP contribution >= 0.6 is 26.6 Å². The van der Waals surface area contributed by atoms with E-state index in [0.717, 1.165) is 15.6 Å². The molecule has 1 heterocycles. The standard InChI is InChI=1S/C11H11BrClN3O2S/c1-3-16-10(14-15-11(16)19(13,17)18)8-4-5-9(12)7(2)6-8/h4-6H,3H2,1-2H3. The van der Waals surface area contributed by atoms with Crippen LogP contribution in [0, 0.1) is 6.92 Å². The Balaban J connectivity index is 2.63. The van der Waals surface area contributed by atoms with Crippen LogP contribution in [0.1, 0.15) is 12.5 Å². The molecule has 0 unspecified atom stereocenters. The van der Waals surface area contributed by atoms with E-state index < -0.39 is 9.05 Å². The first-order valence-corrected chi connectivity index (χ1v) is 8.59. The smallest absolute Gasteiger partial charge is 0.296 e. The molecule has 0 spiro atoms. The van der Waals surface area contributed by atoms with E-state index in [0.29, 0.717) is 12.4 Å². The van der Waals surface area contributed by atoms with Crippen molar-refractivity contribution in [1.29, 1.82) is 0 Å². The fourth-order valence-corrected chi connectivity index (χ4v) is 2.96. The van der Waals surface area contributed by atoms with E-state index in [4.69, 9.17) is 10.7 Å². The van der Waals surface area contributed by atoms with Crippen molar-refractivity contribution >= 4 is 35.7 Å². The summed E-state index contributed by atoms with van der Waals surface area (Å²) in [5, 5.41) is 7.37. The van der Waals surface area contributed by atoms with Crippen LogP contribution < -0.4 is 0 Å². The molecule has 102 valence electrons. The Morgan fingerprint density at radius 1 is 1.37 bits per heavy atom. The topological polar surface area (TPSA) is 64.8 Å².